The van der Waals surface area contributed by atoms with Gasteiger partial charge in [0.25, 0.3) is 0 Å². The monoisotopic (exact) mass is 259 g/mol. The predicted molar refractivity (Wildman–Crippen MR) is 69.4 cm³/mol. The summed E-state index contributed by atoms with van der Waals surface area (Å²) in [5.74, 6) is 0.207. The van der Waals surface area contributed by atoms with E-state index in [9.17, 15) is 4.79 Å². The van der Waals surface area contributed by atoms with E-state index in [1.54, 1.807) is 6.07 Å². The van der Waals surface area contributed by atoms with Gasteiger partial charge in [-0.25, -0.2) is 4.79 Å². The molecule has 0 amide bonds. The summed E-state index contributed by atoms with van der Waals surface area (Å²) in [5, 5.41) is 3.34. The molecule has 98 valence electrons. The molecule has 0 radical (unpaired) electrons. The average molecular weight is 259 g/mol. The van der Waals surface area contributed by atoms with Crippen molar-refractivity contribution in [3.63, 3.8) is 0 Å². The molecule has 0 atom stereocenters. The van der Waals surface area contributed by atoms with Crippen molar-refractivity contribution in [2.24, 2.45) is 5.11 Å². The lowest BCUT2D eigenvalue weighted by Crippen LogP contribution is -2.08. The second-order valence-corrected chi connectivity index (χ2v) is 4.03. The second-order valence-electron chi connectivity index (χ2n) is 4.03. The minimum absolute atomic E-state index is 0.0679. The van der Waals surface area contributed by atoms with Crippen molar-refractivity contribution in [2.75, 3.05) is 13.7 Å². The summed E-state index contributed by atoms with van der Waals surface area (Å²) >= 11 is 0. The van der Waals surface area contributed by atoms with Crippen molar-refractivity contribution >= 4 is 12.0 Å². The van der Waals surface area contributed by atoms with Gasteiger partial charge in [0.15, 0.2) is 0 Å². The fourth-order valence-electron chi connectivity index (χ4n) is 1.91. The lowest BCUT2D eigenvalue weighted by atomic mass is 10.0. The van der Waals surface area contributed by atoms with E-state index in [0.29, 0.717) is 0 Å². The minimum Gasteiger partial charge on any atom is -0.493 e. The second kappa shape index (κ2) is 5.93. The van der Waals surface area contributed by atoms with E-state index in [1.165, 1.54) is 13.2 Å². The summed E-state index contributed by atoms with van der Waals surface area (Å²) in [5.41, 5.74) is 10.2. The Bertz CT molecular complexity index is 574. The van der Waals surface area contributed by atoms with Crippen LogP contribution < -0.4 is 4.74 Å². The standard InChI is InChI=1S/C13H13N3O3/c1-18-13(17)11(15-16-14)8-9-4-5-12-10(7-9)3-2-6-19-12/h4-5,7-8H,2-3,6H2,1H3. The Balaban J connectivity index is 2.35. The van der Waals surface area contributed by atoms with Crippen molar-refractivity contribution in [3.05, 3.63) is 45.5 Å². The van der Waals surface area contributed by atoms with Gasteiger partial charge >= 0.3 is 5.97 Å². The summed E-state index contributed by atoms with van der Waals surface area (Å²) in [6.45, 7) is 0.730. The number of aryl methyl sites for hydroxylation is 1. The van der Waals surface area contributed by atoms with Crippen LogP contribution in [0.25, 0.3) is 16.5 Å². The number of nitrogens with zero attached hydrogens (tertiary/aromatic N) is 3. The number of fused-ring (bicyclic) bond motifs is 1. The van der Waals surface area contributed by atoms with Crippen LogP contribution in [0.1, 0.15) is 17.5 Å². The number of ether oxygens (including phenoxy) is 2. The Hall–Kier alpha value is -2.46. The molecule has 2 rings (SSSR count). The van der Waals surface area contributed by atoms with Crippen molar-refractivity contribution in [1.29, 1.82) is 0 Å². The zero-order valence-corrected chi connectivity index (χ0v) is 10.5. The van der Waals surface area contributed by atoms with Gasteiger partial charge in [-0.2, -0.15) is 0 Å². The highest BCUT2D eigenvalue weighted by Crippen LogP contribution is 2.26. The van der Waals surface area contributed by atoms with E-state index in [2.05, 4.69) is 14.8 Å². The van der Waals surface area contributed by atoms with E-state index in [-0.39, 0.29) is 5.70 Å². The Morgan fingerprint density at radius 2 is 2.42 bits per heavy atom. The third-order valence-corrected chi connectivity index (χ3v) is 2.78. The number of benzene rings is 1. The molecule has 1 heterocycles. The smallest absolute Gasteiger partial charge is 0.340 e. The van der Waals surface area contributed by atoms with E-state index in [1.807, 2.05) is 12.1 Å². The van der Waals surface area contributed by atoms with Crippen LogP contribution in [-0.4, -0.2) is 19.7 Å². The predicted octanol–water partition coefficient (Wildman–Crippen LogP) is 2.84. The molecule has 0 aliphatic carbocycles. The van der Waals surface area contributed by atoms with Gasteiger partial charge in [-0.3, -0.25) is 0 Å². The van der Waals surface area contributed by atoms with E-state index < -0.39 is 5.97 Å². The number of carbonyl (C=O) groups is 1. The molecule has 0 saturated heterocycles. The first-order valence-corrected chi connectivity index (χ1v) is 5.85. The lowest BCUT2D eigenvalue weighted by molar-refractivity contribution is -0.136. The maximum Gasteiger partial charge on any atom is 0.340 e. The van der Waals surface area contributed by atoms with Crippen LogP contribution in [0.15, 0.2) is 29.0 Å². The highest BCUT2D eigenvalue weighted by atomic mass is 16.5. The Morgan fingerprint density at radius 1 is 1.58 bits per heavy atom. The third kappa shape index (κ3) is 3.05. The quantitative estimate of drug-likeness (QED) is 0.275. The first-order chi connectivity index (χ1) is 9.24. The van der Waals surface area contributed by atoms with Gasteiger partial charge in [0.1, 0.15) is 11.4 Å². The summed E-state index contributed by atoms with van der Waals surface area (Å²) in [7, 11) is 1.24. The van der Waals surface area contributed by atoms with Gasteiger partial charge in [0.2, 0.25) is 0 Å². The van der Waals surface area contributed by atoms with Crippen LogP contribution in [0, 0.1) is 0 Å². The summed E-state index contributed by atoms with van der Waals surface area (Å²) in [4.78, 5) is 14.0. The summed E-state index contributed by atoms with van der Waals surface area (Å²) in [6, 6.07) is 5.58. The van der Waals surface area contributed by atoms with Crippen LogP contribution in [-0.2, 0) is 16.0 Å². The molecule has 6 heteroatoms. The van der Waals surface area contributed by atoms with Crippen molar-refractivity contribution in [1.82, 2.24) is 0 Å². The first kappa shape index (κ1) is 13.0. The molecule has 0 N–H and O–H groups in total. The summed E-state index contributed by atoms with van der Waals surface area (Å²) in [6.07, 6.45) is 3.41. The highest BCUT2D eigenvalue weighted by Gasteiger charge is 2.11. The molecule has 0 unspecified atom stereocenters. The van der Waals surface area contributed by atoms with Crippen molar-refractivity contribution < 1.29 is 14.3 Å². The van der Waals surface area contributed by atoms with Crippen molar-refractivity contribution in [2.45, 2.75) is 12.8 Å². The molecule has 1 aromatic carbocycles. The van der Waals surface area contributed by atoms with Gasteiger partial charge in [0.05, 0.1) is 13.7 Å². The number of methoxy groups -OCH3 is 1. The largest absolute Gasteiger partial charge is 0.493 e. The molecule has 1 aliphatic rings. The highest BCUT2D eigenvalue weighted by molar-refractivity contribution is 5.93. The van der Waals surface area contributed by atoms with Crippen LogP contribution >= 0.6 is 0 Å². The van der Waals surface area contributed by atoms with E-state index >= 15 is 0 Å². The molecule has 0 aromatic heterocycles. The number of rotatable bonds is 3. The Morgan fingerprint density at radius 3 is 3.16 bits per heavy atom. The minimum atomic E-state index is -0.660. The van der Waals surface area contributed by atoms with Gasteiger partial charge in [-0.1, -0.05) is 11.2 Å². The topological polar surface area (TPSA) is 84.3 Å². The average Bonchev–Trinajstić information content (AvgIpc) is 2.46. The van der Waals surface area contributed by atoms with Gasteiger partial charge < -0.3 is 9.47 Å². The van der Waals surface area contributed by atoms with Crippen LogP contribution in [0.5, 0.6) is 5.75 Å². The fraction of sp³-hybridized carbons (Fsp3) is 0.308. The maximum absolute atomic E-state index is 11.4. The van der Waals surface area contributed by atoms with Gasteiger partial charge in [-0.15, -0.1) is 0 Å². The number of azide groups is 1. The van der Waals surface area contributed by atoms with Gasteiger partial charge in [-0.05, 0) is 47.7 Å². The third-order valence-electron chi connectivity index (χ3n) is 2.78. The number of hydrogen-bond acceptors (Lipinski definition) is 4. The zero-order valence-electron chi connectivity index (χ0n) is 10.5. The molecule has 0 saturated carbocycles. The lowest BCUT2D eigenvalue weighted by Gasteiger charge is -2.17. The first-order valence-electron chi connectivity index (χ1n) is 5.85. The molecular weight excluding hydrogens is 246 g/mol. The maximum atomic E-state index is 11.4. The van der Waals surface area contributed by atoms with Crippen LogP contribution in [0.4, 0.5) is 0 Å². The van der Waals surface area contributed by atoms with Crippen molar-refractivity contribution in [3.8, 4) is 5.75 Å². The molecule has 6 nitrogen and oxygen atoms in total. The number of carbonyl (C=O) groups excluding carboxylic acids is 1. The SMILES string of the molecule is COC(=O)C(=Cc1ccc2c(c1)CCCO2)N=[N+]=[N-]. The summed E-state index contributed by atoms with van der Waals surface area (Å²) < 4.78 is 10.1. The Kier molecular flexibility index (Phi) is 4.05. The molecule has 0 spiro atoms. The molecule has 1 aliphatic heterocycles. The fourth-order valence-corrected chi connectivity index (χ4v) is 1.91. The molecule has 0 bridgehead atoms. The number of esters is 1. The molecular formula is C13H13N3O3. The van der Waals surface area contributed by atoms with E-state index in [4.69, 9.17) is 10.3 Å². The zero-order chi connectivity index (χ0) is 13.7. The van der Waals surface area contributed by atoms with Crippen LogP contribution in [0.3, 0.4) is 0 Å². The normalized spacial score (nSPS) is 13.8. The van der Waals surface area contributed by atoms with E-state index in [0.717, 1.165) is 36.3 Å². The molecule has 1 aromatic rings. The van der Waals surface area contributed by atoms with Gasteiger partial charge in [0, 0.05) is 4.91 Å². The molecule has 0 fully saturated rings. The number of hydrogen-bond donors (Lipinski definition) is 0. The van der Waals surface area contributed by atoms with Crippen LogP contribution in [0.2, 0.25) is 0 Å². The molecule has 19 heavy (non-hydrogen) atoms. The Labute approximate surface area is 110 Å².